The molecule has 2 aromatic rings. The summed E-state index contributed by atoms with van der Waals surface area (Å²) in [5.74, 6) is -8.50. The third-order valence-electron chi connectivity index (χ3n) is 14.6. The number of carboxylic acid groups (broad SMARTS) is 2. The summed E-state index contributed by atoms with van der Waals surface area (Å²) < 4.78 is 0. The Morgan fingerprint density at radius 3 is 1.58 bits per heavy atom. The second kappa shape index (κ2) is 31.9. The number of nitrogens with one attached hydrogen (secondary N) is 7. The van der Waals surface area contributed by atoms with Crippen molar-refractivity contribution in [2.75, 3.05) is 56.0 Å². The van der Waals surface area contributed by atoms with E-state index in [0.29, 0.717) is 30.8 Å². The molecule has 0 unspecified atom stereocenters. The summed E-state index contributed by atoms with van der Waals surface area (Å²) in [5.41, 5.74) is 7.97. The lowest BCUT2D eigenvalue weighted by Gasteiger charge is -2.33. The fourth-order valence-corrected chi connectivity index (χ4v) is 11.6. The second-order valence-corrected chi connectivity index (χ2v) is 23.3. The van der Waals surface area contributed by atoms with Gasteiger partial charge in [-0.1, -0.05) is 32.0 Å². The largest absolute Gasteiger partial charge is 0.481 e. The highest BCUT2D eigenvalue weighted by molar-refractivity contribution is 7.98. The molecule has 448 valence electrons. The van der Waals surface area contributed by atoms with Crippen LogP contribution in [0.25, 0.3) is 10.9 Å². The summed E-state index contributed by atoms with van der Waals surface area (Å²) in [6, 6.07) is -4.73. The van der Waals surface area contributed by atoms with Crippen LogP contribution in [0, 0.1) is 5.92 Å². The minimum atomic E-state index is -1.60. The Morgan fingerprint density at radius 2 is 1.10 bits per heavy atom. The molecule has 1 aromatic heterocycles. The number of H-pyrrole nitrogens is 1. The number of carbonyl (C=O) groups excluding carboxylic acids is 9. The van der Waals surface area contributed by atoms with Gasteiger partial charge in [0.25, 0.3) is 0 Å². The molecular weight excluding hydrogens is 1110 g/mol. The minimum Gasteiger partial charge on any atom is -0.481 e. The number of fused-ring (bicyclic) bond motifs is 1. The number of nitrogens with two attached hydrogens (primary N) is 1. The molecule has 0 spiro atoms. The highest BCUT2D eigenvalue weighted by Gasteiger charge is 2.44. The number of aromatic nitrogens is 1. The number of nitrogens with zero attached hydrogens (tertiary/aromatic N) is 3. The summed E-state index contributed by atoms with van der Waals surface area (Å²) in [6.07, 6.45) is 6.79. The Hall–Kier alpha value is -6.10. The van der Waals surface area contributed by atoms with Crippen molar-refractivity contribution in [2.45, 2.75) is 151 Å². The summed E-state index contributed by atoms with van der Waals surface area (Å²) >= 11 is 7.14. The van der Waals surface area contributed by atoms with Gasteiger partial charge >= 0.3 is 11.9 Å². The zero-order chi connectivity index (χ0) is 59.5. The number of hydrogen-bond acceptors (Lipinski definition) is 16. The van der Waals surface area contributed by atoms with E-state index >= 15 is 0 Å². The lowest BCUT2D eigenvalue weighted by atomic mass is 10.0. The van der Waals surface area contributed by atoms with Gasteiger partial charge in [-0.05, 0) is 112 Å². The molecule has 3 fully saturated rings. The molecule has 0 saturated carbocycles. The molecule has 3 aliphatic heterocycles. The fraction of sp³-hybridized carbons (Fsp3) is 0.642. The lowest BCUT2D eigenvalue weighted by Crippen LogP contribution is -2.61. The number of carbonyl (C=O) groups is 11. The number of aliphatic hydroxyl groups excluding tert-OH is 1. The number of aliphatic carboxylic acids is 2. The summed E-state index contributed by atoms with van der Waals surface area (Å²) in [5, 5.41) is 46.2. The van der Waals surface area contributed by atoms with Crippen molar-refractivity contribution in [1.82, 2.24) is 51.6 Å². The Morgan fingerprint density at radius 1 is 0.642 bits per heavy atom. The van der Waals surface area contributed by atoms with E-state index in [1.54, 1.807) is 6.20 Å². The Kier molecular flexibility index (Phi) is 25.9. The first kappa shape index (κ1) is 65.7. The molecule has 25 nitrogen and oxygen atoms in total. The summed E-state index contributed by atoms with van der Waals surface area (Å²) in [6.45, 7) is 3.03. The highest BCUT2D eigenvalue weighted by atomic mass is 32.2. The number of aromatic amines is 1. The molecule has 5 rings (SSSR count). The predicted molar refractivity (Wildman–Crippen MR) is 307 cm³/mol. The summed E-state index contributed by atoms with van der Waals surface area (Å²) in [7, 11) is 0. The van der Waals surface area contributed by atoms with Crippen molar-refractivity contribution >= 4 is 112 Å². The smallest absolute Gasteiger partial charge is 0.326 e. The molecule has 0 bridgehead atoms. The van der Waals surface area contributed by atoms with E-state index in [2.05, 4.69) is 49.5 Å². The van der Waals surface area contributed by atoms with Gasteiger partial charge in [0.2, 0.25) is 53.2 Å². The van der Waals surface area contributed by atoms with Gasteiger partial charge in [-0.15, -0.1) is 0 Å². The van der Waals surface area contributed by atoms with Crippen LogP contribution in [0.3, 0.4) is 0 Å². The first-order chi connectivity index (χ1) is 38.6. The number of thioether (sulfide) groups is 2. The number of para-hydroxylation sites is 1. The van der Waals surface area contributed by atoms with E-state index in [1.807, 2.05) is 50.6 Å². The van der Waals surface area contributed by atoms with Crippen LogP contribution in [0.2, 0.25) is 0 Å². The van der Waals surface area contributed by atoms with Gasteiger partial charge in [-0.2, -0.15) is 36.2 Å². The number of aliphatic hydroxyl groups is 1. The first-order valence-corrected chi connectivity index (χ1v) is 30.7. The molecule has 3 saturated heterocycles. The third-order valence-corrected chi connectivity index (χ3v) is 16.3. The van der Waals surface area contributed by atoms with Gasteiger partial charge in [-0.25, -0.2) is 4.79 Å². The van der Waals surface area contributed by atoms with Gasteiger partial charge in [0.1, 0.15) is 54.4 Å². The number of hydrogen-bond donors (Lipinski definition) is 12. The van der Waals surface area contributed by atoms with Gasteiger partial charge in [0.15, 0.2) is 0 Å². The van der Waals surface area contributed by atoms with Crippen molar-refractivity contribution in [3.8, 4) is 0 Å². The van der Waals surface area contributed by atoms with Crippen molar-refractivity contribution in [2.24, 2.45) is 11.7 Å². The topological polar surface area (TPSA) is 372 Å². The van der Waals surface area contributed by atoms with E-state index in [9.17, 15) is 68.1 Å². The van der Waals surface area contributed by atoms with Crippen LogP contribution < -0.4 is 37.6 Å². The van der Waals surface area contributed by atoms with Crippen molar-refractivity contribution in [3.05, 3.63) is 36.0 Å². The number of carboxylic acids is 2. The van der Waals surface area contributed by atoms with Crippen LogP contribution in [-0.2, 0) is 59.2 Å². The molecule has 81 heavy (non-hydrogen) atoms. The molecule has 9 amide bonds. The van der Waals surface area contributed by atoms with Gasteiger partial charge in [0, 0.05) is 48.9 Å². The van der Waals surface area contributed by atoms with E-state index in [1.165, 1.54) is 38.2 Å². The van der Waals surface area contributed by atoms with Crippen molar-refractivity contribution in [1.29, 1.82) is 0 Å². The molecule has 10 atom stereocenters. The Balaban J connectivity index is 1.22. The van der Waals surface area contributed by atoms with E-state index in [0.717, 1.165) is 16.5 Å². The van der Waals surface area contributed by atoms with Crippen LogP contribution in [0.15, 0.2) is 30.5 Å². The average Bonchev–Trinajstić information content (AvgIpc) is 4.38. The molecule has 0 radical (unpaired) electrons. The van der Waals surface area contributed by atoms with Gasteiger partial charge < -0.3 is 72.6 Å². The molecule has 28 heteroatoms. The number of likely N-dealkylation sites (tertiary alicyclic amines) is 3. The van der Waals surface area contributed by atoms with Crippen molar-refractivity contribution in [3.63, 3.8) is 0 Å². The number of rotatable bonds is 31. The molecular formula is C53H79N11O14S3. The average molecular weight is 1190 g/mol. The van der Waals surface area contributed by atoms with E-state index < -0.39 is 139 Å². The molecule has 3 aliphatic rings. The quantitative estimate of drug-likeness (QED) is 0.0417. The van der Waals surface area contributed by atoms with Crippen LogP contribution in [0.4, 0.5) is 0 Å². The zero-order valence-electron chi connectivity index (χ0n) is 46.2. The van der Waals surface area contributed by atoms with Gasteiger partial charge in [0.05, 0.1) is 12.6 Å². The minimum absolute atomic E-state index is 0.0404. The maximum absolute atomic E-state index is 14.4. The predicted octanol–water partition coefficient (Wildman–Crippen LogP) is -0.657. The number of amides is 9. The Bertz CT molecular complexity index is 2570. The normalized spacial score (nSPS) is 19.7. The zero-order valence-corrected chi connectivity index (χ0v) is 48.7. The molecule has 1 aromatic carbocycles. The van der Waals surface area contributed by atoms with Crippen LogP contribution in [0.1, 0.15) is 90.0 Å². The monoisotopic (exact) mass is 1190 g/mol. The first-order valence-electron chi connectivity index (χ1n) is 27.3. The van der Waals surface area contributed by atoms with Gasteiger partial charge in [-0.3, -0.25) is 47.9 Å². The van der Waals surface area contributed by atoms with Crippen molar-refractivity contribution < 1.29 is 68.1 Å². The van der Waals surface area contributed by atoms with Crippen LogP contribution >= 0.6 is 36.2 Å². The highest BCUT2D eigenvalue weighted by Crippen LogP contribution is 2.25. The number of benzene rings is 1. The standard InChI is InChI=1S/C53H79N11O14S3/c1-29(2)24-37(59-44(68)32(54)25-30-26-55-33-11-6-5-10-31(30)33)45(69)60-38(27-65)46(70)61-39(28-79)52(76)64-21-9-13-41(64)47(71)56-34(15-16-43(66)67)50(74)62-19-7-12-40(62)48(72)57-35(17-22-80-3)51(75)63-20-8-14-42(63)49(73)58-36(53(77)78)18-23-81-4/h5-6,10-11,26,29,32,34-42,55,65,79H,7-9,12-25,27-28,54H2,1-4H3,(H,56,71)(H,57,72)(H,58,73)(H,59,68)(H,60,69)(H,61,70)(H,66,67)(H,77,78)/t32-,34-,35-,36-,37-,38-,39-,40-,41-,42-/m0/s1. The SMILES string of the molecule is CSCC[C@H](NC(=O)[C@@H]1CCCN1C(=O)[C@H](CCSC)NC(=O)[C@@H]1CCCN1C(=O)[C@H](CCC(=O)O)NC(=O)[C@@H]1CCCN1C(=O)[C@H](CS)NC(=O)[C@H](CO)NC(=O)[C@H](CC(C)C)NC(=O)[C@@H](N)Cc1c[nH]c2ccccc12)C(=O)O. The lowest BCUT2D eigenvalue weighted by molar-refractivity contribution is -0.146. The molecule has 0 aliphatic carbocycles. The molecule has 12 N–H and O–H groups in total. The van der Waals surface area contributed by atoms with E-state index in [4.69, 9.17) is 5.73 Å². The summed E-state index contributed by atoms with van der Waals surface area (Å²) in [4.78, 5) is 156. The third kappa shape index (κ3) is 18.2. The van der Waals surface area contributed by atoms with Crippen LogP contribution in [-0.4, -0.2) is 217 Å². The Labute approximate surface area is 484 Å². The maximum Gasteiger partial charge on any atom is 0.326 e. The fourth-order valence-electron chi connectivity index (χ4n) is 10.4. The maximum atomic E-state index is 14.4. The van der Waals surface area contributed by atoms with Crippen LogP contribution in [0.5, 0.6) is 0 Å². The molecule has 4 heterocycles. The number of thiol groups is 1. The second-order valence-electron chi connectivity index (χ2n) is 20.9. The van der Waals surface area contributed by atoms with E-state index in [-0.39, 0.29) is 82.7 Å².